The van der Waals surface area contributed by atoms with Crippen molar-refractivity contribution >= 4 is 54.0 Å². The van der Waals surface area contributed by atoms with Crippen LogP contribution in [-0.4, -0.2) is 76.6 Å². The second-order valence-electron chi connectivity index (χ2n) is 7.07. The van der Waals surface area contributed by atoms with E-state index in [1.54, 1.807) is 13.8 Å². The Bertz CT molecular complexity index is 651. The third-order valence-electron chi connectivity index (χ3n) is 4.59. The SMILES string of the molecule is CCC(C)C(NC(=O)C(CS)NC(=O)C(CCSC)NC(=O)C(N)CC(N)=O)C(=O)O. The van der Waals surface area contributed by atoms with E-state index in [1.807, 2.05) is 6.26 Å². The van der Waals surface area contributed by atoms with Crippen LogP contribution in [0.5, 0.6) is 0 Å². The van der Waals surface area contributed by atoms with E-state index in [9.17, 15) is 29.1 Å². The average Bonchev–Trinajstić information content (AvgIpc) is 2.71. The summed E-state index contributed by atoms with van der Waals surface area (Å²) in [7, 11) is 0. The summed E-state index contributed by atoms with van der Waals surface area (Å²) in [4.78, 5) is 59.8. The molecule has 0 aromatic heterocycles. The van der Waals surface area contributed by atoms with Gasteiger partial charge in [-0.2, -0.15) is 24.4 Å². The summed E-state index contributed by atoms with van der Waals surface area (Å²) >= 11 is 5.52. The number of nitrogens with two attached hydrogens (primary N) is 2. The first-order chi connectivity index (χ1) is 14.5. The van der Waals surface area contributed by atoms with E-state index < -0.39 is 53.8 Å². The van der Waals surface area contributed by atoms with Crippen LogP contribution in [0.4, 0.5) is 0 Å². The lowest BCUT2D eigenvalue weighted by atomic mass is 9.99. The Balaban J connectivity index is 5.25. The fraction of sp³-hybridized carbons (Fsp3) is 0.722. The molecule has 8 N–H and O–H groups in total. The van der Waals surface area contributed by atoms with Crippen molar-refractivity contribution in [1.29, 1.82) is 0 Å². The van der Waals surface area contributed by atoms with Gasteiger partial charge in [-0.1, -0.05) is 20.3 Å². The number of carbonyl (C=O) groups is 5. The molecule has 4 amide bonds. The molecule has 0 aliphatic carbocycles. The van der Waals surface area contributed by atoms with E-state index in [0.29, 0.717) is 12.2 Å². The van der Waals surface area contributed by atoms with E-state index in [1.165, 1.54) is 11.8 Å². The van der Waals surface area contributed by atoms with Crippen LogP contribution >= 0.6 is 24.4 Å². The van der Waals surface area contributed by atoms with Crippen LogP contribution in [0.3, 0.4) is 0 Å². The molecule has 5 unspecified atom stereocenters. The van der Waals surface area contributed by atoms with Gasteiger partial charge < -0.3 is 32.5 Å². The standard InChI is InChI=1S/C18H33N5O6S2/c1-4-9(2)14(18(28)29)23-17(27)12(8-30)22-16(26)11(5-6-31-3)21-15(25)10(19)7-13(20)24/h9-12,14,30H,4-8,19H2,1-3H3,(H2,20,24)(H,21,25)(H,22,26)(H,23,27)(H,28,29). The van der Waals surface area contributed by atoms with Gasteiger partial charge in [0.15, 0.2) is 0 Å². The van der Waals surface area contributed by atoms with Gasteiger partial charge in [-0.3, -0.25) is 19.2 Å². The Labute approximate surface area is 191 Å². The van der Waals surface area contributed by atoms with Gasteiger partial charge in [0.2, 0.25) is 23.6 Å². The molecule has 0 fully saturated rings. The minimum absolute atomic E-state index is 0.0885. The molecule has 0 aromatic rings. The molecule has 0 radical (unpaired) electrons. The second kappa shape index (κ2) is 14.9. The number of nitrogens with one attached hydrogen (secondary N) is 3. The van der Waals surface area contributed by atoms with Crippen LogP contribution < -0.4 is 27.4 Å². The highest BCUT2D eigenvalue weighted by Crippen LogP contribution is 2.09. The molecular formula is C18H33N5O6S2. The first kappa shape index (κ1) is 29.0. The number of amides is 4. The van der Waals surface area contributed by atoms with Crippen molar-refractivity contribution in [3.63, 3.8) is 0 Å². The highest BCUT2D eigenvalue weighted by Gasteiger charge is 2.31. The molecule has 0 bridgehead atoms. The topological polar surface area (TPSA) is 194 Å². The molecule has 0 aromatic carbocycles. The quantitative estimate of drug-likeness (QED) is 0.137. The molecule has 0 rings (SSSR count). The summed E-state index contributed by atoms with van der Waals surface area (Å²) in [5, 5.41) is 16.7. The number of primary amides is 1. The number of thioether (sulfide) groups is 1. The van der Waals surface area contributed by atoms with Crippen LogP contribution in [0, 0.1) is 5.92 Å². The third-order valence-corrected chi connectivity index (χ3v) is 5.60. The minimum atomic E-state index is -1.21. The maximum absolute atomic E-state index is 12.7. The zero-order valence-corrected chi connectivity index (χ0v) is 19.6. The molecule has 0 spiro atoms. The molecule has 0 saturated carbocycles. The number of carbonyl (C=O) groups excluding carboxylic acids is 4. The Morgan fingerprint density at radius 3 is 2.03 bits per heavy atom. The maximum Gasteiger partial charge on any atom is 0.326 e. The van der Waals surface area contributed by atoms with Crippen molar-refractivity contribution in [2.24, 2.45) is 17.4 Å². The number of carboxylic acids is 1. The molecule has 0 saturated heterocycles. The summed E-state index contributed by atoms with van der Waals surface area (Å²) in [5.41, 5.74) is 10.6. The highest BCUT2D eigenvalue weighted by molar-refractivity contribution is 7.98. The number of rotatable bonds is 15. The molecule has 0 aliphatic rings. The second-order valence-corrected chi connectivity index (χ2v) is 8.42. The number of hydrogen-bond donors (Lipinski definition) is 7. The lowest BCUT2D eigenvalue weighted by molar-refractivity contribution is -0.143. The Kier molecular flexibility index (Phi) is 14.0. The predicted molar refractivity (Wildman–Crippen MR) is 122 cm³/mol. The zero-order valence-electron chi connectivity index (χ0n) is 17.9. The molecule has 13 heteroatoms. The molecule has 0 aliphatic heterocycles. The van der Waals surface area contributed by atoms with Crippen molar-refractivity contribution in [3.05, 3.63) is 0 Å². The molecule has 0 heterocycles. The van der Waals surface area contributed by atoms with Gasteiger partial charge in [0.1, 0.15) is 18.1 Å². The Hall–Kier alpha value is -1.99. The normalized spacial score (nSPS) is 15.6. The van der Waals surface area contributed by atoms with Crippen molar-refractivity contribution in [1.82, 2.24) is 16.0 Å². The van der Waals surface area contributed by atoms with Gasteiger partial charge >= 0.3 is 5.97 Å². The van der Waals surface area contributed by atoms with Crippen LogP contribution in [0.25, 0.3) is 0 Å². The smallest absolute Gasteiger partial charge is 0.326 e. The van der Waals surface area contributed by atoms with Crippen molar-refractivity contribution in [2.45, 2.75) is 57.3 Å². The lowest BCUT2D eigenvalue weighted by Crippen LogP contribution is -2.58. The Morgan fingerprint density at radius 1 is 1.03 bits per heavy atom. The van der Waals surface area contributed by atoms with E-state index in [4.69, 9.17) is 11.5 Å². The molecule has 11 nitrogen and oxygen atoms in total. The fourth-order valence-corrected chi connectivity index (χ4v) is 3.22. The largest absolute Gasteiger partial charge is 0.480 e. The molecule has 5 atom stereocenters. The highest BCUT2D eigenvalue weighted by atomic mass is 32.2. The Morgan fingerprint density at radius 2 is 1.58 bits per heavy atom. The van der Waals surface area contributed by atoms with Gasteiger partial charge in [0.05, 0.1) is 12.5 Å². The first-order valence-corrected chi connectivity index (χ1v) is 11.8. The number of hydrogen-bond acceptors (Lipinski definition) is 8. The van der Waals surface area contributed by atoms with Gasteiger partial charge in [0, 0.05) is 5.75 Å². The number of carboxylic acid groups (broad SMARTS) is 1. The van der Waals surface area contributed by atoms with Gasteiger partial charge in [-0.25, -0.2) is 4.79 Å². The van der Waals surface area contributed by atoms with Crippen LogP contribution in [-0.2, 0) is 24.0 Å². The van der Waals surface area contributed by atoms with Crippen molar-refractivity contribution in [3.8, 4) is 0 Å². The maximum atomic E-state index is 12.7. The van der Waals surface area contributed by atoms with Crippen LogP contribution in [0.15, 0.2) is 0 Å². The first-order valence-electron chi connectivity index (χ1n) is 9.75. The van der Waals surface area contributed by atoms with Crippen molar-refractivity contribution < 1.29 is 29.1 Å². The monoisotopic (exact) mass is 479 g/mol. The van der Waals surface area contributed by atoms with Crippen molar-refractivity contribution in [2.75, 3.05) is 17.8 Å². The summed E-state index contributed by atoms with van der Waals surface area (Å²) in [5.74, 6) is -3.90. The predicted octanol–water partition coefficient (Wildman–Crippen LogP) is -1.54. The number of aliphatic carboxylic acids is 1. The number of thiol groups is 1. The van der Waals surface area contributed by atoms with Crippen LogP contribution in [0.1, 0.15) is 33.1 Å². The summed E-state index contributed by atoms with van der Waals surface area (Å²) < 4.78 is 0. The van der Waals surface area contributed by atoms with Gasteiger partial charge in [-0.15, -0.1) is 0 Å². The summed E-state index contributed by atoms with van der Waals surface area (Å²) in [6.07, 6.45) is 2.22. The summed E-state index contributed by atoms with van der Waals surface area (Å²) in [6, 6.07) is -4.46. The van der Waals surface area contributed by atoms with E-state index in [0.717, 1.165) is 0 Å². The van der Waals surface area contributed by atoms with E-state index in [-0.39, 0.29) is 24.5 Å². The zero-order chi connectivity index (χ0) is 24.1. The van der Waals surface area contributed by atoms with Crippen LogP contribution in [0.2, 0.25) is 0 Å². The molecule has 178 valence electrons. The van der Waals surface area contributed by atoms with Gasteiger partial charge in [-0.05, 0) is 24.3 Å². The molecule has 31 heavy (non-hydrogen) atoms. The average molecular weight is 480 g/mol. The van der Waals surface area contributed by atoms with E-state index >= 15 is 0 Å². The fourth-order valence-electron chi connectivity index (χ4n) is 2.50. The third kappa shape index (κ3) is 10.7. The van der Waals surface area contributed by atoms with Gasteiger partial charge in [0.25, 0.3) is 0 Å². The molecular weight excluding hydrogens is 446 g/mol. The lowest BCUT2D eigenvalue weighted by Gasteiger charge is -2.25. The van der Waals surface area contributed by atoms with E-state index in [2.05, 4.69) is 28.6 Å². The minimum Gasteiger partial charge on any atom is -0.480 e. The summed E-state index contributed by atoms with van der Waals surface area (Å²) in [6.45, 7) is 3.49.